The van der Waals surface area contributed by atoms with E-state index in [1.54, 1.807) is 18.1 Å². The fraction of sp³-hybridized carbons (Fsp3) is 0.417. The number of carbonyl (C=O) groups excluding carboxylic acids is 1. The Hall–Kier alpha value is -2.41. The normalized spacial score (nSPS) is 30.0. The number of benzene rings is 1. The van der Waals surface area contributed by atoms with Crippen molar-refractivity contribution in [3.8, 4) is 0 Å². The largest absolute Gasteiger partial charge is 0.323 e. The second-order valence-corrected chi connectivity index (χ2v) is 9.61. The Morgan fingerprint density at radius 1 is 1.29 bits per heavy atom. The molecule has 0 saturated carbocycles. The summed E-state index contributed by atoms with van der Waals surface area (Å²) in [5, 5.41) is 5.96. The van der Waals surface area contributed by atoms with E-state index in [1.165, 1.54) is 11.1 Å². The number of carbonyl (C=O) groups is 1. The zero-order valence-electron chi connectivity index (χ0n) is 17.7. The Morgan fingerprint density at radius 2 is 2.03 bits per heavy atom. The van der Waals surface area contributed by atoms with Gasteiger partial charge in [0.2, 0.25) is 5.91 Å². The molecule has 7 heteroatoms. The third-order valence-corrected chi connectivity index (χ3v) is 8.19. The summed E-state index contributed by atoms with van der Waals surface area (Å²) in [6.45, 7) is 5.67. The number of likely N-dealkylation sites (N-methyl/N-ethyl adjacent to an activating group) is 1. The number of aromatic amines is 1. The van der Waals surface area contributed by atoms with Gasteiger partial charge in [0, 0.05) is 32.4 Å². The molecule has 6 nitrogen and oxygen atoms in total. The number of hydrogen-bond donors (Lipinski definition) is 2. The van der Waals surface area contributed by atoms with Crippen molar-refractivity contribution in [1.29, 1.82) is 0 Å². The molecular weight excluding hydrogens is 410 g/mol. The highest BCUT2D eigenvalue weighted by Gasteiger charge is 2.51. The second kappa shape index (κ2) is 7.33. The minimum Gasteiger partial charge on any atom is -0.323 e. The van der Waals surface area contributed by atoms with Gasteiger partial charge in [0.25, 0.3) is 0 Å². The summed E-state index contributed by atoms with van der Waals surface area (Å²) in [7, 11) is 1.77. The molecule has 1 aromatic carbocycles. The van der Waals surface area contributed by atoms with E-state index < -0.39 is 11.0 Å². The maximum absolute atomic E-state index is 13.2. The number of likely N-dealkylation sites (tertiary alicyclic amines) is 1. The number of nitrogens with one attached hydrogen (secondary N) is 1. The smallest absolute Gasteiger partial charge is 0.236 e. The first-order chi connectivity index (χ1) is 14.9. The summed E-state index contributed by atoms with van der Waals surface area (Å²) in [4.78, 5) is 17.0. The molecule has 3 N–H and O–H groups in total. The van der Waals surface area contributed by atoms with Crippen molar-refractivity contribution in [2.75, 3.05) is 20.1 Å². The molecule has 5 rings (SSSR count). The first-order valence-corrected chi connectivity index (χ1v) is 11.2. The highest BCUT2D eigenvalue weighted by molar-refractivity contribution is 6.26. The van der Waals surface area contributed by atoms with E-state index in [-0.39, 0.29) is 17.4 Å². The van der Waals surface area contributed by atoms with E-state index >= 15 is 0 Å². The molecule has 3 atom stereocenters. The van der Waals surface area contributed by atoms with E-state index in [1.807, 2.05) is 18.2 Å². The van der Waals surface area contributed by atoms with Crippen LogP contribution < -0.4 is 5.73 Å². The molecule has 0 radical (unpaired) electrons. The molecule has 1 amide bonds. The fourth-order valence-electron chi connectivity index (χ4n) is 5.53. The highest BCUT2D eigenvalue weighted by Crippen LogP contribution is 2.52. The average Bonchev–Trinajstić information content (AvgIpc) is 3.40. The summed E-state index contributed by atoms with van der Waals surface area (Å²) in [6, 6.07) is 10.4. The van der Waals surface area contributed by atoms with Crippen molar-refractivity contribution in [2.24, 2.45) is 17.1 Å². The van der Waals surface area contributed by atoms with Crippen LogP contribution in [0.2, 0.25) is 0 Å². The van der Waals surface area contributed by atoms with Gasteiger partial charge in [0.15, 0.2) is 5.12 Å². The molecule has 31 heavy (non-hydrogen) atoms. The fourth-order valence-corrected chi connectivity index (χ4v) is 5.85. The van der Waals surface area contributed by atoms with Gasteiger partial charge in [-0.25, -0.2) is 0 Å². The van der Waals surface area contributed by atoms with Gasteiger partial charge < -0.3 is 10.6 Å². The minimum atomic E-state index is -0.976. The number of fused-ring (bicyclic) bond motifs is 1. The lowest BCUT2D eigenvalue weighted by Crippen LogP contribution is -2.62. The van der Waals surface area contributed by atoms with E-state index in [2.05, 4.69) is 45.9 Å². The Bertz CT molecular complexity index is 1040. The Morgan fingerprint density at radius 3 is 2.71 bits per heavy atom. The second-order valence-electron chi connectivity index (χ2n) is 9.06. The van der Waals surface area contributed by atoms with Gasteiger partial charge in [-0.15, -0.1) is 0 Å². The van der Waals surface area contributed by atoms with Crippen LogP contribution >= 0.6 is 11.6 Å². The zero-order valence-corrected chi connectivity index (χ0v) is 18.5. The molecule has 3 aliphatic rings. The lowest BCUT2D eigenvalue weighted by Gasteiger charge is -2.51. The average molecular weight is 438 g/mol. The number of piperidine rings is 1. The SMILES string of the molecule is C=C(c1cc[nH]n1)[C@@H]1C=CC(Cl)(N2CCC3(CC2)Cc2ccccc2C3N)N(C)C1=O. The summed E-state index contributed by atoms with van der Waals surface area (Å²) in [5.74, 6) is -0.537. The van der Waals surface area contributed by atoms with Crippen LogP contribution in [0.1, 0.15) is 35.7 Å². The lowest BCUT2D eigenvalue weighted by atomic mass is 9.73. The van der Waals surface area contributed by atoms with Gasteiger partial charge in [0.1, 0.15) is 0 Å². The van der Waals surface area contributed by atoms with Gasteiger partial charge in [-0.2, -0.15) is 5.10 Å². The molecule has 1 saturated heterocycles. The van der Waals surface area contributed by atoms with Crippen LogP contribution in [0, 0.1) is 11.3 Å². The molecule has 1 aliphatic carbocycles. The van der Waals surface area contributed by atoms with Crippen LogP contribution in [0.3, 0.4) is 0 Å². The first-order valence-electron chi connectivity index (χ1n) is 10.8. The van der Waals surface area contributed by atoms with Crippen LogP contribution in [0.4, 0.5) is 0 Å². The van der Waals surface area contributed by atoms with E-state index in [0.29, 0.717) is 11.3 Å². The van der Waals surface area contributed by atoms with Gasteiger partial charge in [0.05, 0.1) is 11.6 Å². The first kappa shape index (κ1) is 20.5. The molecule has 2 unspecified atom stereocenters. The number of rotatable bonds is 3. The van der Waals surface area contributed by atoms with Crippen LogP contribution in [-0.4, -0.2) is 51.2 Å². The van der Waals surface area contributed by atoms with Crippen LogP contribution in [0.5, 0.6) is 0 Å². The molecular formula is C24H28ClN5O. The van der Waals surface area contributed by atoms with Crippen molar-refractivity contribution >= 4 is 23.1 Å². The topological polar surface area (TPSA) is 78.2 Å². The molecule has 1 spiro atoms. The maximum atomic E-state index is 13.2. The summed E-state index contributed by atoms with van der Waals surface area (Å²) < 4.78 is 0. The van der Waals surface area contributed by atoms with Crippen LogP contribution in [0.25, 0.3) is 5.57 Å². The Balaban J connectivity index is 1.33. The standard InChI is InChI=1S/C24H28ClN5O/c1-16(20-8-12-27-28-20)18-7-9-24(25,29(2)22(18)31)30-13-10-23(11-14-30)15-17-5-3-4-6-19(17)21(23)26/h3-9,12,18,21H,1,10-11,13-15,26H2,2H3,(H,27,28)/t18-,21?,24?/m0/s1. The predicted octanol–water partition coefficient (Wildman–Crippen LogP) is 3.30. The third-order valence-electron chi connectivity index (χ3n) is 7.57. The Labute approximate surface area is 187 Å². The summed E-state index contributed by atoms with van der Waals surface area (Å²) >= 11 is 7.08. The number of nitrogens with zero attached hydrogens (tertiary/aromatic N) is 3. The number of aromatic nitrogens is 2. The number of H-pyrrole nitrogens is 1. The summed E-state index contributed by atoms with van der Waals surface area (Å²) in [6.07, 6.45) is 8.45. The number of nitrogens with two attached hydrogens (primary N) is 1. The molecule has 2 aliphatic heterocycles. The number of amides is 1. The zero-order chi connectivity index (χ0) is 21.8. The molecule has 0 bridgehead atoms. The van der Waals surface area contributed by atoms with E-state index in [0.717, 1.165) is 32.4 Å². The number of alkyl halides is 1. The number of hydrogen-bond acceptors (Lipinski definition) is 4. The quantitative estimate of drug-likeness (QED) is 0.438. The van der Waals surface area contributed by atoms with Crippen molar-refractivity contribution in [3.63, 3.8) is 0 Å². The van der Waals surface area contributed by atoms with Crippen molar-refractivity contribution in [1.82, 2.24) is 20.0 Å². The van der Waals surface area contributed by atoms with Crippen molar-refractivity contribution in [2.45, 2.75) is 30.4 Å². The van der Waals surface area contributed by atoms with Gasteiger partial charge in [-0.05, 0) is 53.5 Å². The maximum Gasteiger partial charge on any atom is 0.236 e. The summed E-state index contributed by atoms with van der Waals surface area (Å²) in [5.41, 5.74) is 10.8. The predicted molar refractivity (Wildman–Crippen MR) is 122 cm³/mol. The van der Waals surface area contributed by atoms with Crippen LogP contribution in [0.15, 0.2) is 55.3 Å². The molecule has 1 aromatic heterocycles. The molecule has 2 aromatic rings. The lowest BCUT2D eigenvalue weighted by molar-refractivity contribution is -0.139. The van der Waals surface area contributed by atoms with E-state index in [4.69, 9.17) is 17.3 Å². The van der Waals surface area contributed by atoms with Gasteiger partial charge >= 0.3 is 0 Å². The molecule has 1 fully saturated rings. The van der Waals surface area contributed by atoms with Gasteiger partial charge in [-0.3, -0.25) is 14.8 Å². The third kappa shape index (κ3) is 3.08. The Kier molecular flexibility index (Phi) is 4.84. The van der Waals surface area contributed by atoms with Crippen molar-refractivity contribution < 1.29 is 4.79 Å². The molecule has 162 valence electrons. The highest BCUT2D eigenvalue weighted by atomic mass is 35.5. The van der Waals surface area contributed by atoms with Crippen molar-refractivity contribution in [3.05, 3.63) is 72.1 Å². The minimum absolute atomic E-state index is 0.0555. The molecule has 3 heterocycles. The monoisotopic (exact) mass is 437 g/mol. The van der Waals surface area contributed by atoms with Gasteiger partial charge in [-0.1, -0.05) is 48.5 Å². The number of halogens is 1. The van der Waals surface area contributed by atoms with E-state index in [9.17, 15) is 4.79 Å². The van der Waals surface area contributed by atoms with Crippen LogP contribution in [-0.2, 0) is 11.2 Å².